The number of ether oxygens (including phenoxy) is 1. The minimum absolute atomic E-state index is 0.0132. The number of urea groups is 1. The highest BCUT2D eigenvalue weighted by Crippen LogP contribution is 2.08. The Morgan fingerprint density at radius 1 is 1.40 bits per heavy atom. The smallest absolute Gasteiger partial charge is 0.357 e. The summed E-state index contributed by atoms with van der Waals surface area (Å²) in [6.45, 7) is 1.75. The highest BCUT2D eigenvalue weighted by molar-refractivity contribution is 6.30. The number of pyridine rings is 1. The van der Waals surface area contributed by atoms with Gasteiger partial charge in [0.15, 0.2) is 6.61 Å². The highest BCUT2D eigenvalue weighted by Gasteiger charge is 2.13. The zero-order valence-corrected chi connectivity index (χ0v) is 11.6. The molecule has 1 aromatic heterocycles. The van der Waals surface area contributed by atoms with Crippen molar-refractivity contribution >= 4 is 29.5 Å². The van der Waals surface area contributed by atoms with E-state index in [2.05, 4.69) is 10.3 Å². The van der Waals surface area contributed by atoms with Crippen molar-refractivity contribution in [3.63, 3.8) is 0 Å². The van der Waals surface area contributed by atoms with Crippen molar-refractivity contribution in [3.8, 4) is 0 Å². The molecule has 0 aromatic carbocycles. The van der Waals surface area contributed by atoms with Gasteiger partial charge in [0.05, 0.1) is 0 Å². The first kappa shape index (κ1) is 15.9. The maximum atomic E-state index is 11.5. The van der Waals surface area contributed by atoms with Crippen molar-refractivity contribution in [2.24, 2.45) is 0 Å². The van der Waals surface area contributed by atoms with Crippen molar-refractivity contribution in [3.05, 3.63) is 29.0 Å². The van der Waals surface area contributed by atoms with E-state index in [9.17, 15) is 14.4 Å². The van der Waals surface area contributed by atoms with Crippen molar-refractivity contribution in [1.29, 1.82) is 0 Å². The van der Waals surface area contributed by atoms with Crippen LogP contribution in [-0.2, 0) is 9.53 Å². The number of hydrogen-bond acceptors (Lipinski definition) is 5. The Hall–Kier alpha value is -2.15. The fourth-order valence-corrected chi connectivity index (χ4v) is 1.33. The van der Waals surface area contributed by atoms with Crippen LogP contribution in [0.2, 0.25) is 5.02 Å². The van der Waals surface area contributed by atoms with E-state index in [4.69, 9.17) is 16.3 Å². The van der Waals surface area contributed by atoms with Gasteiger partial charge in [0, 0.05) is 17.8 Å². The molecule has 7 nitrogen and oxygen atoms in total. The van der Waals surface area contributed by atoms with Gasteiger partial charge in [-0.05, 0) is 18.6 Å². The second-order valence-electron chi connectivity index (χ2n) is 3.74. The highest BCUT2D eigenvalue weighted by atomic mass is 35.5. The van der Waals surface area contributed by atoms with Crippen molar-refractivity contribution in [2.75, 3.05) is 13.2 Å². The molecule has 20 heavy (non-hydrogen) atoms. The van der Waals surface area contributed by atoms with Gasteiger partial charge in [0.25, 0.3) is 5.91 Å². The van der Waals surface area contributed by atoms with Crippen LogP contribution in [0.4, 0.5) is 4.79 Å². The molecule has 0 spiro atoms. The summed E-state index contributed by atoms with van der Waals surface area (Å²) in [5.41, 5.74) is -0.0132. The van der Waals surface area contributed by atoms with Crippen LogP contribution in [0.1, 0.15) is 23.8 Å². The molecule has 0 unspecified atom stereocenters. The van der Waals surface area contributed by atoms with Gasteiger partial charge in [0.1, 0.15) is 5.69 Å². The number of imide groups is 1. The molecule has 108 valence electrons. The fourth-order valence-electron chi connectivity index (χ4n) is 1.17. The first-order valence-corrected chi connectivity index (χ1v) is 6.27. The van der Waals surface area contributed by atoms with Crippen LogP contribution in [0.3, 0.4) is 0 Å². The number of aromatic nitrogens is 1. The predicted octanol–water partition coefficient (Wildman–Crippen LogP) is 1.13. The van der Waals surface area contributed by atoms with Crippen LogP contribution < -0.4 is 10.6 Å². The van der Waals surface area contributed by atoms with Gasteiger partial charge in [-0.1, -0.05) is 18.5 Å². The van der Waals surface area contributed by atoms with E-state index in [1.54, 1.807) is 0 Å². The number of carbonyl (C=O) groups is 3. The molecule has 0 radical (unpaired) electrons. The summed E-state index contributed by atoms with van der Waals surface area (Å²) < 4.78 is 4.70. The molecule has 0 fully saturated rings. The van der Waals surface area contributed by atoms with Crippen molar-refractivity contribution < 1.29 is 19.1 Å². The maximum absolute atomic E-state index is 11.5. The third kappa shape index (κ3) is 5.66. The second kappa shape index (κ2) is 8.11. The monoisotopic (exact) mass is 299 g/mol. The fraction of sp³-hybridized carbons (Fsp3) is 0.333. The summed E-state index contributed by atoms with van der Waals surface area (Å²) in [5.74, 6) is -1.52. The summed E-state index contributed by atoms with van der Waals surface area (Å²) in [7, 11) is 0. The molecule has 0 saturated carbocycles. The molecule has 1 rings (SSSR count). The summed E-state index contributed by atoms with van der Waals surface area (Å²) in [6, 6.07) is 2.19. The molecule has 0 aliphatic carbocycles. The molecule has 3 amide bonds. The Kier molecular flexibility index (Phi) is 6.45. The lowest BCUT2D eigenvalue weighted by Gasteiger charge is -2.06. The Morgan fingerprint density at radius 2 is 2.15 bits per heavy atom. The molecule has 0 atom stereocenters. The van der Waals surface area contributed by atoms with Crippen LogP contribution in [0, 0.1) is 0 Å². The van der Waals surface area contributed by atoms with E-state index in [0.717, 1.165) is 6.42 Å². The number of hydrogen-bond donors (Lipinski definition) is 2. The normalized spacial score (nSPS) is 9.70. The summed E-state index contributed by atoms with van der Waals surface area (Å²) in [6.07, 6.45) is 2.09. The summed E-state index contributed by atoms with van der Waals surface area (Å²) in [5, 5.41) is 4.80. The third-order valence-electron chi connectivity index (χ3n) is 2.05. The van der Waals surface area contributed by atoms with Crippen LogP contribution >= 0.6 is 11.6 Å². The largest absolute Gasteiger partial charge is 0.451 e. The third-order valence-corrected chi connectivity index (χ3v) is 2.29. The second-order valence-corrected chi connectivity index (χ2v) is 4.18. The van der Waals surface area contributed by atoms with Gasteiger partial charge < -0.3 is 10.1 Å². The Morgan fingerprint density at radius 3 is 2.80 bits per heavy atom. The van der Waals surface area contributed by atoms with Gasteiger partial charge >= 0.3 is 12.0 Å². The topological polar surface area (TPSA) is 97.4 Å². The molecule has 0 aliphatic heterocycles. The Bertz CT molecular complexity index is 507. The van der Waals surface area contributed by atoms with Crippen molar-refractivity contribution in [2.45, 2.75) is 13.3 Å². The van der Waals surface area contributed by atoms with Gasteiger partial charge in [-0.15, -0.1) is 0 Å². The molecule has 1 aromatic rings. The van der Waals surface area contributed by atoms with E-state index in [0.29, 0.717) is 11.6 Å². The van der Waals surface area contributed by atoms with Crippen LogP contribution in [-0.4, -0.2) is 36.0 Å². The zero-order valence-electron chi connectivity index (χ0n) is 10.8. The number of carbonyl (C=O) groups excluding carboxylic acids is 3. The number of esters is 1. The summed E-state index contributed by atoms with van der Waals surface area (Å²) >= 11 is 5.69. The van der Waals surface area contributed by atoms with E-state index in [1.165, 1.54) is 18.3 Å². The van der Waals surface area contributed by atoms with E-state index in [-0.39, 0.29) is 5.69 Å². The number of rotatable bonds is 5. The van der Waals surface area contributed by atoms with Gasteiger partial charge in [-0.3, -0.25) is 10.1 Å². The Balaban J connectivity index is 2.37. The SMILES string of the molecule is CCCNC(=O)NC(=O)COC(=O)c1cc(Cl)ccn1. The molecule has 8 heteroatoms. The lowest BCUT2D eigenvalue weighted by atomic mass is 10.3. The number of nitrogens with zero attached hydrogens (tertiary/aromatic N) is 1. The van der Waals surface area contributed by atoms with Crippen LogP contribution in [0.15, 0.2) is 18.3 Å². The average Bonchev–Trinajstić information content (AvgIpc) is 2.42. The van der Waals surface area contributed by atoms with Crippen molar-refractivity contribution in [1.82, 2.24) is 15.6 Å². The van der Waals surface area contributed by atoms with Crippen LogP contribution in [0.5, 0.6) is 0 Å². The number of halogens is 1. The maximum Gasteiger partial charge on any atom is 0.357 e. The van der Waals surface area contributed by atoms with Crippen LogP contribution in [0.25, 0.3) is 0 Å². The summed E-state index contributed by atoms with van der Waals surface area (Å²) in [4.78, 5) is 37.8. The molecule has 0 aliphatic rings. The zero-order chi connectivity index (χ0) is 15.0. The average molecular weight is 300 g/mol. The first-order valence-electron chi connectivity index (χ1n) is 5.89. The molecular formula is C12H14ClN3O4. The molecular weight excluding hydrogens is 286 g/mol. The number of nitrogens with one attached hydrogen (secondary N) is 2. The molecule has 0 bridgehead atoms. The minimum atomic E-state index is -0.795. The van der Waals surface area contributed by atoms with E-state index < -0.39 is 24.5 Å². The standard InChI is InChI=1S/C12H14ClN3O4/c1-2-4-15-12(19)16-10(17)7-20-11(18)9-6-8(13)3-5-14-9/h3,5-6H,2,4,7H2,1H3,(H2,15,16,17,19). The lowest BCUT2D eigenvalue weighted by molar-refractivity contribution is -0.123. The van der Waals surface area contributed by atoms with E-state index in [1.807, 2.05) is 12.2 Å². The Labute approximate surface area is 120 Å². The molecule has 2 N–H and O–H groups in total. The predicted molar refractivity (Wildman–Crippen MR) is 71.4 cm³/mol. The first-order chi connectivity index (χ1) is 9.52. The van der Waals surface area contributed by atoms with Gasteiger partial charge in [0.2, 0.25) is 0 Å². The van der Waals surface area contributed by atoms with E-state index >= 15 is 0 Å². The molecule has 1 heterocycles. The lowest BCUT2D eigenvalue weighted by Crippen LogP contribution is -2.41. The van der Waals surface area contributed by atoms with Gasteiger partial charge in [-0.2, -0.15) is 0 Å². The molecule has 0 saturated heterocycles. The quantitative estimate of drug-likeness (QED) is 0.794. The number of amides is 3. The van der Waals surface area contributed by atoms with Gasteiger partial charge in [-0.25, -0.2) is 14.6 Å². The minimum Gasteiger partial charge on any atom is -0.451 e.